The van der Waals surface area contributed by atoms with Gasteiger partial charge in [0, 0.05) is 25.2 Å². The summed E-state index contributed by atoms with van der Waals surface area (Å²) in [6, 6.07) is 3.41. The highest BCUT2D eigenvalue weighted by atomic mass is 19.1. The number of anilines is 1. The number of halogens is 1. The number of nitrogens with zero attached hydrogens (tertiary/aromatic N) is 2. The van der Waals surface area contributed by atoms with Crippen molar-refractivity contribution in [3.8, 4) is 0 Å². The Morgan fingerprint density at radius 1 is 1.18 bits per heavy atom. The summed E-state index contributed by atoms with van der Waals surface area (Å²) in [5.74, 6) is -1.22. The van der Waals surface area contributed by atoms with Crippen LogP contribution in [0.3, 0.4) is 0 Å². The summed E-state index contributed by atoms with van der Waals surface area (Å²) in [7, 11) is 0. The highest BCUT2D eigenvalue weighted by molar-refractivity contribution is 6.01. The minimum atomic E-state index is -0.764. The van der Waals surface area contributed by atoms with Gasteiger partial charge in [0.1, 0.15) is 17.5 Å². The van der Waals surface area contributed by atoms with Crippen molar-refractivity contribution in [1.29, 1.82) is 0 Å². The van der Waals surface area contributed by atoms with E-state index in [2.05, 4.69) is 5.32 Å². The average molecular weight is 391 g/mol. The van der Waals surface area contributed by atoms with Crippen molar-refractivity contribution in [1.82, 2.24) is 10.2 Å². The fourth-order valence-electron chi connectivity index (χ4n) is 3.46. The van der Waals surface area contributed by atoms with Crippen molar-refractivity contribution in [2.24, 2.45) is 0 Å². The lowest BCUT2D eigenvalue weighted by atomic mass is 10.1. The van der Waals surface area contributed by atoms with Crippen molar-refractivity contribution in [3.05, 3.63) is 29.6 Å². The maximum Gasteiger partial charge on any atom is 0.408 e. The minimum Gasteiger partial charge on any atom is -0.444 e. The Balaban J connectivity index is 1.67. The maximum atomic E-state index is 14.7. The molecular weight excluding hydrogens is 365 g/mol. The van der Waals surface area contributed by atoms with Gasteiger partial charge in [0.25, 0.3) is 5.91 Å². The number of carbonyl (C=O) groups excluding carboxylic acids is 3. The minimum absolute atomic E-state index is 0.108. The van der Waals surface area contributed by atoms with Gasteiger partial charge in [-0.15, -0.1) is 0 Å². The van der Waals surface area contributed by atoms with Gasteiger partial charge in [0.15, 0.2) is 0 Å². The van der Waals surface area contributed by atoms with Crippen LogP contribution in [0.15, 0.2) is 18.2 Å². The van der Waals surface area contributed by atoms with Gasteiger partial charge in [0.05, 0.1) is 5.69 Å². The molecule has 3 rings (SSSR count). The molecule has 0 radical (unpaired) electrons. The molecule has 8 heteroatoms. The zero-order valence-corrected chi connectivity index (χ0v) is 16.5. The number of alkyl carbamates (subject to hydrolysis) is 1. The molecule has 2 saturated heterocycles. The number of ether oxygens (including phenoxy) is 1. The quantitative estimate of drug-likeness (QED) is 0.859. The zero-order chi connectivity index (χ0) is 20.5. The Morgan fingerprint density at radius 3 is 2.46 bits per heavy atom. The smallest absolute Gasteiger partial charge is 0.408 e. The predicted molar refractivity (Wildman–Crippen MR) is 102 cm³/mol. The molecule has 1 N–H and O–H groups in total. The van der Waals surface area contributed by atoms with Crippen LogP contribution in [0.5, 0.6) is 0 Å². The number of carbonyl (C=O) groups is 3. The number of amides is 3. The van der Waals surface area contributed by atoms with Gasteiger partial charge in [-0.05, 0) is 58.2 Å². The second-order valence-electron chi connectivity index (χ2n) is 8.14. The molecule has 152 valence electrons. The lowest BCUT2D eigenvalue weighted by Crippen LogP contribution is -2.44. The van der Waals surface area contributed by atoms with E-state index in [9.17, 15) is 18.8 Å². The fourth-order valence-corrected chi connectivity index (χ4v) is 3.46. The molecule has 3 amide bonds. The van der Waals surface area contributed by atoms with E-state index in [1.807, 2.05) is 0 Å². The molecule has 7 nitrogen and oxygen atoms in total. The summed E-state index contributed by atoms with van der Waals surface area (Å²) < 4.78 is 19.8. The predicted octanol–water partition coefficient (Wildman–Crippen LogP) is 2.69. The second kappa shape index (κ2) is 7.77. The molecular formula is C20H26FN3O4. The number of benzene rings is 1. The van der Waals surface area contributed by atoms with E-state index in [-0.39, 0.29) is 23.7 Å². The van der Waals surface area contributed by atoms with Gasteiger partial charge in [0.2, 0.25) is 5.91 Å². The van der Waals surface area contributed by atoms with Crippen LogP contribution in [0.1, 0.15) is 50.4 Å². The van der Waals surface area contributed by atoms with E-state index >= 15 is 0 Å². The van der Waals surface area contributed by atoms with Crippen LogP contribution in [0.2, 0.25) is 0 Å². The number of rotatable bonds is 3. The summed E-state index contributed by atoms with van der Waals surface area (Å²) in [4.78, 5) is 39.9. The fraction of sp³-hybridized carbons (Fsp3) is 0.550. The molecule has 0 aliphatic carbocycles. The Morgan fingerprint density at radius 2 is 1.86 bits per heavy atom. The SMILES string of the molecule is CC(C)(C)OC(=O)N[C@H]1CCN(c2ccc(C(=O)N3CCCC3)cc2F)C1=O. The Hall–Kier alpha value is -2.64. The molecule has 0 bridgehead atoms. The van der Waals surface area contributed by atoms with Crippen LogP contribution in [0.25, 0.3) is 0 Å². The second-order valence-corrected chi connectivity index (χ2v) is 8.14. The number of hydrogen-bond acceptors (Lipinski definition) is 4. The number of likely N-dealkylation sites (tertiary alicyclic amines) is 1. The monoisotopic (exact) mass is 391 g/mol. The largest absolute Gasteiger partial charge is 0.444 e. The summed E-state index contributed by atoms with van der Waals surface area (Å²) in [5.41, 5.74) is -0.287. The summed E-state index contributed by atoms with van der Waals surface area (Å²) >= 11 is 0. The Kier molecular flexibility index (Phi) is 5.58. The molecule has 2 aliphatic rings. The summed E-state index contributed by atoms with van der Waals surface area (Å²) in [6.07, 6.45) is 1.59. The third-order valence-electron chi connectivity index (χ3n) is 4.78. The van der Waals surface area contributed by atoms with Crippen molar-refractivity contribution >= 4 is 23.6 Å². The topological polar surface area (TPSA) is 79.0 Å². The van der Waals surface area contributed by atoms with Crippen LogP contribution < -0.4 is 10.2 Å². The van der Waals surface area contributed by atoms with Gasteiger partial charge in [-0.25, -0.2) is 9.18 Å². The molecule has 2 fully saturated rings. The first-order chi connectivity index (χ1) is 13.2. The van der Waals surface area contributed by atoms with Gasteiger partial charge < -0.3 is 19.9 Å². The van der Waals surface area contributed by atoms with E-state index in [4.69, 9.17) is 4.74 Å². The number of nitrogens with one attached hydrogen (secondary N) is 1. The van der Waals surface area contributed by atoms with Crippen LogP contribution >= 0.6 is 0 Å². The molecule has 0 unspecified atom stereocenters. The molecule has 2 heterocycles. The maximum absolute atomic E-state index is 14.7. The zero-order valence-electron chi connectivity index (χ0n) is 16.5. The number of hydrogen-bond donors (Lipinski definition) is 1. The third-order valence-corrected chi connectivity index (χ3v) is 4.78. The van der Waals surface area contributed by atoms with E-state index < -0.39 is 29.5 Å². The van der Waals surface area contributed by atoms with Gasteiger partial charge in [-0.1, -0.05) is 0 Å². The first-order valence-corrected chi connectivity index (χ1v) is 9.55. The van der Waals surface area contributed by atoms with Gasteiger partial charge in [-0.2, -0.15) is 0 Å². The van der Waals surface area contributed by atoms with E-state index in [1.165, 1.54) is 17.0 Å². The van der Waals surface area contributed by atoms with Crippen molar-refractivity contribution in [3.63, 3.8) is 0 Å². The highest BCUT2D eigenvalue weighted by Gasteiger charge is 2.36. The average Bonchev–Trinajstić information content (AvgIpc) is 3.24. The molecule has 0 saturated carbocycles. The normalized spacial score (nSPS) is 19.9. The van der Waals surface area contributed by atoms with Gasteiger partial charge in [-0.3, -0.25) is 9.59 Å². The molecule has 1 aromatic rings. The van der Waals surface area contributed by atoms with Crippen LogP contribution in [-0.2, 0) is 9.53 Å². The van der Waals surface area contributed by atoms with Crippen molar-refractivity contribution in [2.75, 3.05) is 24.5 Å². The molecule has 28 heavy (non-hydrogen) atoms. The van der Waals surface area contributed by atoms with Crippen molar-refractivity contribution in [2.45, 2.75) is 51.7 Å². The molecule has 0 spiro atoms. The van der Waals surface area contributed by atoms with E-state index in [0.717, 1.165) is 12.8 Å². The highest BCUT2D eigenvalue weighted by Crippen LogP contribution is 2.26. The van der Waals surface area contributed by atoms with Crippen molar-refractivity contribution < 1.29 is 23.5 Å². The lowest BCUT2D eigenvalue weighted by molar-refractivity contribution is -0.118. The Labute approximate surface area is 163 Å². The standard InChI is InChI=1S/C20H26FN3O4/c1-20(2,3)28-19(27)22-15-8-11-24(18(15)26)16-7-6-13(12-14(16)21)17(25)23-9-4-5-10-23/h6-7,12,15H,4-5,8-11H2,1-3H3,(H,22,27)/t15-/m0/s1. The third kappa shape index (κ3) is 4.43. The summed E-state index contributed by atoms with van der Waals surface area (Å²) in [5, 5.41) is 2.54. The molecule has 1 aromatic carbocycles. The lowest BCUT2D eigenvalue weighted by Gasteiger charge is -2.22. The van der Waals surface area contributed by atoms with Crippen LogP contribution in [-0.4, -0.2) is 54.1 Å². The van der Waals surface area contributed by atoms with Gasteiger partial charge >= 0.3 is 6.09 Å². The molecule has 0 aromatic heterocycles. The first-order valence-electron chi connectivity index (χ1n) is 9.55. The first kappa shape index (κ1) is 20.1. The molecule has 1 atom stereocenters. The molecule has 2 aliphatic heterocycles. The van der Waals surface area contributed by atoms with E-state index in [1.54, 1.807) is 31.7 Å². The van der Waals surface area contributed by atoms with Crippen LogP contribution in [0, 0.1) is 5.82 Å². The Bertz CT molecular complexity index is 784. The summed E-state index contributed by atoms with van der Waals surface area (Å²) in [6.45, 7) is 6.84. The van der Waals surface area contributed by atoms with E-state index in [0.29, 0.717) is 19.5 Å². The van der Waals surface area contributed by atoms with Crippen LogP contribution in [0.4, 0.5) is 14.9 Å².